The minimum Gasteiger partial charge on any atom is -0.493 e. The highest BCUT2D eigenvalue weighted by molar-refractivity contribution is 5.76. The van der Waals surface area contributed by atoms with E-state index in [4.69, 9.17) is 23.7 Å². The number of methoxy groups -OCH3 is 1. The third-order valence-corrected chi connectivity index (χ3v) is 8.35. The number of carbonyl (C=O) groups is 1. The molecule has 3 aromatic rings. The molecule has 1 saturated heterocycles. The highest BCUT2D eigenvalue weighted by Crippen LogP contribution is 2.45. The molecule has 7 heteroatoms. The van der Waals surface area contributed by atoms with Crippen molar-refractivity contribution in [3.05, 3.63) is 76.1 Å². The maximum atomic E-state index is 15.3. The predicted octanol–water partition coefficient (Wildman–Crippen LogP) is 6.63. The maximum Gasteiger partial charge on any atom is 0.306 e. The van der Waals surface area contributed by atoms with Gasteiger partial charge in [-0.3, -0.25) is 4.79 Å². The molecule has 3 aliphatic rings. The first kappa shape index (κ1) is 26.6. The summed E-state index contributed by atoms with van der Waals surface area (Å²) in [6, 6.07) is 13.3. The Bertz CT molecular complexity index is 1400. The number of benzene rings is 3. The second kappa shape index (κ2) is 11.1. The van der Waals surface area contributed by atoms with Crippen molar-refractivity contribution in [3.63, 3.8) is 0 Å². The Hall–Kier alpha value is -3.58. The average Bonchev–Trinajstić information content (AvgIpc) is 3.69. The van der Waals surface area contributed by atoms with Crippen LogP contribution in [0.5, 0.6) is 17.2 Å². The van der Waals surface area contributed by atoms with Crippen LogP contribution in [-0.2, 0) is 20.7 Å². The zero-order valence-corrected chi connectivity index (χ0v) is 23.3. The van der Waals surface area contributed by atoms with Crippen LogP contribution in [0.15, 0.2) is 42.5 Å². The van der Waals surface area contributed by atoms with Crippen LogP contribution in [0, 0.1) is 25.6 Å². The molecule has 40 heavy (non-hydrogen) atoms. The number of hydrogen-bond donors (Lipinski definition) is 0. The van der Waals surface area contributed by atoms with Crippen molar-refractivity contribution in [1.82, 2.24) is 0 Å². The molecular weight excluding hydrogens is 511 g/mol. The van der Waals surface area contributed by atoms with Gasteiger partial charge in [0.1, 0.15) is 29.2 Å². The van der Waals surface area contributed by atoms with Gasteiger partial charge in [-0.2, -0.15) is 0 Å². The van der Waals surface area contributed by atoms with E-state index in [-0.39, 0.29) is 24.1 Å². The van der Waals surface area contributed by atoms with Crippen LogP contribution < -0.4 is 14.2 Å². The van der Waals surface area contributed by atoms with Gasteiger partial charge < -0.3 is 23.7 Å². The van der Waals surface area contributed by atoms with Gasteiger partial charge in [0.25, 0.3) is 0 Å². The topological polar surface area (TPSA) is 63.2 Å². The summed E-state index contributed by atoms with van der Waals surface area (Å²) in [5, 5.41) is 0. The number of fused-ring (bicyclic) bond motifs is 2. The second-order valence-corrected chi connectivity index (χ2v) is 11.1. The SMILES string of the molecule is COC(=O)C[C@@H]1COc2cc(O[C@@H]3CCc4c(-c5c(C)cc(OCC6CCOC6)cc5C)ccc(F)c43)ccc21. The molecule has 0 bridgehead atoms. The summed E-state index contributed by atoms with van der Waals surface area (Å²) in [5.41, 5.74) is 6.98. The summed E-state index contributed by atoms with van der Waals surface area (Å²) < 4.78 is 43.9. The van der Waals surface area contributed by atoms with Gasteiger partial charge in [-0.15, -0.1) is 0 Å². The van der Waals surface area contributed by atoms with Gasteiger partial charge in [0.15, 0.2) is 0 Å². The van der Waals surface area contributed by atoms with Crippen LogP contribution in [-0.4, -0.2) is 39.5 Å². The van der Waals surface area contributed by atoms with Crippen molar-refractivity contribution in [3.8, 4) is 28.4 Å². The molecule has 0 saturated carbocycles. The average molecular weight is 547 g/mol. The summed E-state index contributed by atoms with van der Waals surface area (Å²) in [4.78, 5) is 11.7. The number of hydrogen-bond acceptors (Lipinski definition) is 6. The molecule has 0 N–H and O–H groups in total. The molecule has 2 aliphatic heterocycles. The van der Waals surface area contributed by atoms with E-state index in [0.717, 1.165) is 65.2 Å². The Labute approximate surface area is 234 Å². The molecule has 0 amide bonds. The molecule has 3 atom stereocenters. The number of esters is 1. The van der Waals surface area contributed by atoms with E-state index in [1.807, 2.05) is 24.3 Å². The van der Waals surface area contributed by atoms with Crippen LogP contribution >= 0.6 is 0 Å². The quantitative estimate of drug-likeness (QED) is 0.296. The van der Waals surface area contributed by atoms with Crippen LogP contribution in [0.3, 0.4) is 0 Å². The van der Waals surface area contributed by atoms with Crippen molar-refractivity contribution in [2.75, 3.05) is 33.5 Å². The third kappa shape index (κ3) is 5.15. The van der Waals surface area contributed by atoms with Gasteiger partial charge in [-0.1, -0.05) is 12.1 Å². The zero-order valence-electron chi connectivity index (χ0n) is 23.3. The molecule has 1 unspecified atom stereocenters. The van der Waals surface area contributed by atoms with Crippen LogP contribution in [0.25, 0.3) is 11.1 Å². The lowest BCUT2D eigenvalue weighted by atomic mass is 9.90. The van der Waals surface area contributed by atoms with E-state index in [9.17, 15) is 4.79 Å². The Morgan fingerprint density at radius 1 is 1.02 bits per heavy atom. The smallest absolute Gasteiger partial charge is 0.306 e. The Balaban J connectivity index is 1.22. The third-order valence-electron chi connectivity index (χ3n) is 8.35. The van der Waals surface area contributed by atoms with Crippen LogP contribution in [0.2, 0.25) is 0 Å². The van der Waals surface area contributed by atoms with Crippen molar-refractivity contribution in [2.24, 2.45) is 5.92 Å². The summed E-state index contributed by atoms with van der Waals surface area (Å²) in [7, 11) is 1.39. The lowest BCUT2D eigenvalue weighted by Gasteiger charge is -2.19. The highest BCUT2D eigenvalue weighted by atomic mass is 19.1. The van der Waals surface area contributed by atoms with Gasteiger partial charge in [0.2, 0.25) is 0 Å². The summed E-state index contributed by atoms with van der Waals surface area (Å²) in [6.07, 6.45) is 2.34. The Morgan fingerprint density at radius 3 is 2.60 bits per heavy atom. The predicted molar refractivity (Wildman–Crippen MR) is 149 cm³/mol. The zero-order chi connectivity index (χ0) is 27.8. The molecule has 0 radical (unpaired) electrons. The fourth-order valence-corrected chi connectivity index (χ4v) is 6.33. The molecule has 1 aliphatic carbocycles. The van der Waals surface area contributed by atoms with Crippen molar-refractivity contribution in [1.29, 1.82) is 0 Å². The highest BCUT2D eigenvalue weighted by Gasteiger charge is 2.32. The van der Waals surface area contributed by atoms with Crippen molar-refractivity contribution >= 4 is 5.97 Å². The van der Waals surface area contributed by atoms with Gasteiger partial charge in [0.05, 0.1) is 33.4 Å². The molecule has 3 aromatic carbocycles. The van der Waals surface area contributed by atoms with E-state index in [1.165, 1.54) is 7.11 Å². The van der Waals surface area contributed by atoms with E-state index in [2.05, 4.69) is 26.0 Å². The molecule has 1 fully saturated rings. The van der Waals surface area contributed by atoms with E-state index < -0.39 is 6.10 Å². The summed E-state index contributed by atoms with van der Waals surface area (Å²) >= 11 is 0. The summed E-state index contributed by atoms with van der Waals surface area (Å²) in [5.74, 6) is 2.08. The normalized spacial score (nSPS) is 21.1. The van der Waals surface area contributed by atoms with E-state index in [1.54, 1.807) is 6.07 Å². The molecule has 0 aromatic heterocycles. The van der Waals surface area contributed by atoms with Crippen molar-refractivity contribution < 1.29 is 32.9 Å². The Morgan fingerprint density at radius 2 is 1.85 bits per heavy atom. The largest absolute Gasteiger partial charge is 0.493 e. The van der Waals surface area contributed by atoms with E-state index >= 15 is 4.39 Å². The van der Waals surface area contributed by atoms with Crippen LogP contribution in [0.1, 0.15) is 59.1 Å². The molecule has 2 heterocycles. The van der Waals surface area contributed by atoms with Crippen LogP contribution in [0.4, 0.5) is 4.39 Å². The first-order valence-corrected chi connectivity index (χ1v) is 14.0. The van der Waals surface area contributed by atoms with E-state index in [0.29, 0.717) is 42.6 Å². The first-order chi connectivity index (χ1) is 19.4. The molecular formula is C33H35FO6. The number of carbonyl (C=O) groups excluding carboxylic acids is 1. The minimum absolute atomic E-state index is 0.0382. The lowest BCUT2D eigenvalue weighted by Crippen LogP contribution is -2.12. The van der Waals surface area contributed by atoms with Gasteiger partial charge in [0, 0.05) is 35.6 Å². The van der Waals surface area contributed by atoms with Gasteiger partial charge >= 0.3 is 5.97 Å². The molecule has 0 spiro atoms. The van der Waals surface area contributed by atoms with Gasteiger partial charge in [-0.05, 0) is 85.2 Å². The van der Waals surface area contributed by atoms with Gasteiger partial charge in [-0.25, -0.2) is 4.39 Å². The monoisotopic (exact) mass is 546 g/mol. The number of halogens is 1. The first-order valence-electron chi connectivity index (χ1n) is 14.0. The minimum atomic E-state index is -0.392. The number of aryl methyl sites for hydroxylation is 2. The van der Waals surface area contributed by atoms with Crippen molar-refractivity contribution in [2.45, 2.75) is 51.6 Å². The molecule has 6 rings (SSSR count). The Kier molecular flexibility index (Phi) is 7.41. The maximum absolute atomic E-state index is 15.3. The molecule has 210 valence electrons. The summed E-state index contributed by atoms with van der Waals surface area (Å²) in [6.45, 7) is 6.83. The molecule has 6 nitrogen and oxygen atoms in total. The lowest BCUT2D eigenvalue weighted by molar-refractivity contribution is -0.141. The fourth-order valence-electron chi connectivity index (χ4n) is 6.33. The number of rotatable bonds is 8. The second-order valence-electron chi connectivity index (χ2n) is 11.1. The standard InChI is InChI=1S/C33H35FO6/c1-19-12-24(38-17-21-10-11-37-16-21)13-20(2)32(19)26-6-8-28(34)33-27(26)7-9-29(33)40-23-4-5-25-22(14-31(35)36-3)18-39-30(25)15-23/h4-6,8,12-13,15,21-22,29H,7,9-11,14,16-18H2,1-3H3/t21?,22-,29-/m1/s1. The number of ether oxygens (including phenoxy) is 5. The fraction of sp³-hybridized carbons (Fsp3) is 0.424.